The maximum Gasteiger partial charge on any atom is 0.0843 e. The van der Waals surface area contributed by atoms with Gasteiger partial charge in [-0.15, -0.1) is 11.6 Å². The van der Waals surface area contributed by atoms with Crippen LogP contribution in [0.2, 0.25) is 5.02 Å². The number of alkyl halides is 1. The zero-order valence-corrected chi connectivity index (χ0v) is 20.3. The van der Waals surface area contributed by atoms with E-state index in [0.29, 0.717) is 5.02 Å². The SMILES string of the molecule is CC(C)(O)c1ccccc1CC[C@H](Cl)c1cccc(C=Cc2ccc3ccc(Cl)cc3n2)c1. The molecule has 0 unspecified atom stereocenters. The van der Waals surface area contributed by atoms with Gasteiger partial charge in [-0.3, -0.25) is 0 Å². The third-order valence-corrected chi connectivity index (χ3v) is 6.44. The summed E-state index contributed by atoms with van der Waals surface area (Å²) >= 11 is 12.9. The largest absolute Gasteiger partial charge is 0.386 e. The highest BCUT2D eigenvalue weighted by atomic mass is 35.5. The van der Waals surface area contributed by atoms with E-state index in [-0.39, 0.29) is 5.38 Å². The van der Waals surface area contributed by atoms with E-state index in [9.17, 15) is 5.11 Å². The molecule has 0 bridgehead atoms. The third kappa shape index (κ3) is 6.03. The highest BCUT2D eigenvalue weighted by Crippen LogP contribution is 2.30. The van der Waals surface area contributed by atoms with Gasteiger partial charge in [0.05, 0.1) is 22.2 Å². The number of aliphatic hydroxyl groups is 1. The zero-order chi connectivity index (χ0) is 23.4. The third-order valence-electron chi connectivity index (χ3n) is 5.74. The van der Waals surface area contributed by atoms with Crippen molar-refractivity contribution in [1.29, 1.82) is 0 Å². The predicted molar refractivity (Wildman–Crippen MR) is 141 cm³/mol. The second-order valence-electron chi connectivity index (χ2n) is 8.80. The van der Waals surface area contributed by atoms with Gasteiger partial charge in [-0.25, -0.2) is 4.98 Å². The van der Waals surface area contributed by atoms with Crippen molar-refractivity contribution in [3.63, 3.8) is 0 Å². The van der Waals surface area contributed by atoms with Gasteiger partial charge < -0.3 is 5.11 Å². The summed E-state index contributed by atoms with van der Waals surface area (Å²) in [6, 6.07) is 26.1. The molecule has 0 aliphatic rings. The predicted octanol–water partition coefficient (Wildman–Crippen LogP) is 8.20. The van der Waals surface area contributed by atoms with Gasteiger partial charge >= 0.3 is 0 Å². The summed E-state index contributed by atoms with van der Waals surface area (Å²) < 4.78 is 0. The Bertz CT molecular complexity index is 1290. The van der Waals surface area contributed by atoms with E-state index in [4.69, 9.17) is 23.2 Å². The molecule has 1 aromatic heterocycles. The molecule has 0 radical (unpaired) electrons. The number of aromatic nitrogens is 1. The van der Waals surface area contributed by atoms with Crippen LogP contribution < -0.4 is 0 Å². The summed E-state index contributed by atoms with van der Waals surface area (Å²) in [5.74, 6) is 0. The topological polar surface area (TPSA) is 33.1 Å². The number of hydrogen-bond acceptors (Lipinski definition) is 2. The van der Waals surface area contributed by atoms with Gasteiger partial charge in [-0.2, -0.15) is 0 Å². The van der Waals surface area contributed by atoms with Crippen LogP contribution in [-0.4, -0.2) is 10.1 Å². The maximum atomic E-state index is 10.5. The minimum atomic E-state index is -0.870. The van der Waals surface area contributed by atoms with Gasteiger partial charge in [0.15, 0.2) is 0 Å². The first-order valence-corrected chi connectivity index (χ1v) is 11.9. The lowest BCUT2D eigenvalue weighted by atomic mass is 9.90. The molecule has 1 atom stereocenters. The molecule has 33 heavy (non-hydrogen) atoms. The van der Waals surface area contributed by atoms with Crippen LogP contribution in [0.1, 0.15) is 53.6 Å². The van der Waals surface area contributed by atoms with Crippen LogP contribution in [0.3, 0.4) is 0 Å². The minimum Gasteiger partial charge on any atom is -0.386 e. The lowest BCUT2D eigenvalue weighted by Crippen LogP contribution is -2.18. The van der Waals surface area contributed by atoms with E-state index >= 15 is 0 Å². The standard InChI is InChI=1S/C29H27Cl2NO/c1-29(2,33)26-9-4-3-7-21(26)13-17-27(31)23-8-5-6-20(18-23)10-15-25-16-12-22-11-14-24(30)19-28(22)32-25/h3-12,14-16,18-19,27,33H,13,17H2,1-2H3/t27-/m0/s1. The van der Waals surface area contributed by atoms with Crippen molar-refractivity contribution in [1.82, 2.24) is 4.98 Å². The van der Waals surface area contributed by atoms with Gasteiger partial charge in [0.25, 0.3) is 0 Å². The summed E-state index contributed by atoms with van der Waals surface area (Å²) in [5, 5.41) is 12.1. The summed E-state index contributed by atoms with van der Waals surface area (Å²) in [6.07, 6.45) is 5.64. The lowest BCUT2D eigenvalue weighted by molar-refractivity contribution is 0.0776. The smallest absolute Gasteiger partial charge is 0.0843 e. The number of nitrogens with zero attached hydrogens (tertiary/aromatic N) is 1. The molecule has 0 saturated carbocycles. The molecule has 1 heterocycles. The first-order valence-electron chi connectivity index (χ1n) is 11.1. The van der Waals surface area contributed by atoms with Gasteiger partial charge in [-0.1, -0.05) is 78.3 Å². The van der Waals surface area contributed by atoms with Crippen molar-refractivity contribution in [2.75, 3.05) is 0 Å². The monoisotopic (exact) mass is 475 g/mol. The highest BCUT2D eigenvalue weighted by Gasteiger charge is 2.20. The Labute approximate surface area is 205 Å². The second-order valence-corrected chi connectivity index (χ2v) is 9.76. The molecule has 3 aromatic carbocycles. The summed E-state index contributed by atoms with van der Waals surface area (Å²) in [4.78, 5) is 4.68. The van der Waals surface area contributed by atoms with Gasteiger partial charge in [0.1, 0.15) is 0 Å². The van der Waals surface area contributed by atoms with Crippen molar-refractivity contribution < 1.29 is 5.11 Å². The first kappa shape index (κ1) is 23.5. The summed E-state index contributed by atoms with van der Waals surface area (Å²) in [7, 11) is 0. The Kier molecular flexibility index (Phi) is 7.19. The number of aryl methyl sites for hydroxylation is 1. The van der Waals surface area contributed by atoms with Gasteiger partial charge in [0, 0.05) is 10.4 Å². The Hall–Kier alpha value is -2.65. The van der Waals surface area contributed by atoms with Crippen LogP contribution in [0.25, 0.3) is 23.1 Å². The average molecular weight is 476 g/mol. The molecule has 0 aliphatic heterocycles. The zero-order valence-electron chi connectivity index (χ0n) is 18.8. The van der Waals surface area contributed by atoms with Crippen LogP contribution >= 0.6 is 23.2 Å². The molecule has 0 amide bonds. The minimum absolute atomic E-state index is 0.117. The molecule has 4 rings (SSSR count). The Morgan fingerprint density at radius 1 is 0.939 bits per heavy atom. The number of fused-ring (bicyclic) bond motifs is 1. The fraction of sp³-hybridized carbons (Fsp3) is 0.207. The Balaban J connectivity index is 1.47. The first-order chi connectivity index (χ1) is 15.8. The molecule has 0 spiro atoms. The second kappa shape index (κ2) is 10.1. The van der Waals surface area contributed by atoms with Crippen molar-refractivity contribution in [3.05, 3.63) is 112 Å². The van der Waals surface area contributed by atoms with E-state index in [1.54, 1.807) is 0 Å². The van der Waals surface area contributed by atoms with E-state index in [0.717, 1.165) is 51.7 Å². The Morgan fingerprint density at radius 3 is 2.55 bits per heavy atom. The van der Waals surface area contributed by atoms with E-state index < -0.39 is 5.60 Å². The van der Waals surface area contributed by atoms with Gasteiger partial charge in [0.2, 0.25) is 0 Å². The molecule has 0 aliphatic carbocycles. The molecule has 2 nitrogen and oxygen atoms in total. The van der Waals surface area contributed by atoms with Crippen LogP contribution in [0.15, 0.2) is 78.9 Å². The quantitative estimate of drug-likeness (QED) is 0.273. The van der Waals surface area contributed by atoms with Crippen LogP contribution in [0, 0.1) is 0 Å². The molecule has 0 saturated heterocycles. The van der Waals surface area contributed by atoms with Gasteiger partial charge in [-0.05, 0) is 73.2 Å². The van der Waals surface area contributed by atoms with Crippen molar-refractivity contribution in [2.24, 2.45) is 0 Å². The van der Waals surface area contributed by atoms with Crippen LogP contribution in [0.4, 0.5) is 0 Å². The molecular weight excluding hydrogens is 449 g/mol. The normalized spacial score (nSPS) is 13.0. The molecule has 1 N–H and O–H groups in total. The average Bonchev–Trinajstić information content (AvgIpc) is 2.80. The highest BCUT2D eigenvalue weighted by molar-refractivity contribution is 6.31. The Morgan fingerprint density at radius 2 is 1.73 bits per heavy atom. The number of benzene rings is 3. The summed E-state index contributed by atoms with van der Waals surface area (Å²) in [6.45, 7) is 3.64. The molecule has 0 fully saturated rings. The number of rotatable bonds is 7. The van der Waals surface area contributed by atoms with Crippen molar-refractivity contribution in [3.8, 4) is 0 Å². The van der Waals surface area contributed by atoms with E-state index in [1.807, 2.05) is 68.5 Å². The van der Waals surface area contributed by atoms with E-state index in [2.05, 4.69) is 41.4 Å². The van der Waals surface area contributed by atoms with Crippen molar-refractivity contribution in [2.45, 2.75) is 37.7 Å². The number of halogens is 2. The van der Waals surface area contributed by atoms with Crippen LogP contribution in [0.5, 0.6) is 0 Å². The molecular formula is C29H27Cl2NO. The lowest BCUT2D eigenvalue weighted by Gasteiger charge is -2.22. The summed E-state index contributed by atoms with van der Waals surface area (Å²) in [5.41, 5.74) is 5.13. The van der Waals surface area contributed by atoms with Crippen molar-refractivity contribution >= 4 is 46.3 Å². The molecule has 4 aromatic rings. The fourth-order valence-corrected chi connectivity index (χ4v) is 4.43. The number of pyridine rings is 1. The molecule has 168 valence electrons. The fourth-order valence-electron chi connectivity index (χ4n) is 4.02. The van der Waals surface area contributed by atoms with E-state index in [1.165, 1.54) is 0 Å². The van der Waals surface area contributed by atoms with Crippen LogP contribution in [-0.2, 0) is 12.0 Å². The number of hydrogen-bond donors (Lipinski definition) is 1. The maximum absolute atomic E-state index is 10.5. The molecule has 4 heteroatoms.